The number of rotatable bonds is 6. The van der Waals surface area contributed by atoms with Crippen LogP contribution in [-0.4, -0.2) is 32.2 Å². The summed E-state index contributed by atoms with van der Waals surface area (Å²) in [7, 11) is 0. The fourth-order valence-electron chi connectivity index (χ4n) is 0.642. The van der Waals surface area contributed by atoms with Crippen molar-refractivity contribution in [2.24, 2.45) is 5.73 Å². The average molecular weight is 172 g/mol. The Balaban J connectivity index is 3.14. The summed E-state index contributed by atoms with van der Waals surface area (Å²) < 4.78 is 5.05. The summed E-state index contributed by atoms with van der Waals surface area (Å²) in [6, 6.07) is 0. The van der Waals surface area contributed by atoms with Crippen molar-refractivity contribution < 1.29 is 9.53 Å². The van der Waals surface area contributed by atoms with Gasteiger partial charge in [-0.15, -0.1) is 0 Å². The van der Waals surface area contributed by atoms with Crippen LogP contribution in [0.1, 0.15) is 6.92 Å². The molecule has 1 amide bonds. The predicted octanol–water partition coefficient (Wildman–Crippen LogP) is -0.346. The van der Waals surface area contributed by atoms with Gasteiger partial charge >= 0.3 is 0 Å². The highest BCUT2D eigenvalue weighted by atomic mass is 16.5. The molecule has 4 heteroatoms. The topological polar surface area (TPSA) is 64.3 Å². The number of nitrogens with one attached hydrogen (secondary N) is 1. The quantitative estimate of drug-likeness (QED) is 0.425. The minimum Gasteiger partial charge on any atom is -0.378 e. The molecule has 0 aliphatic rings. The summed E-state index contributed by atoms with van der Waals surface area (Å²) in [6.07, 6.45) is 3.17. The molecule has 0 saturated heterocycles. The number of carbonyl (C=O) groups is 1. The first-order valence-corrected chi connectivity index (χ1v) is 3.99. The van der Waals surface area contributed by atoms with Crippen LogP contribution in [0.4, 0.5) is 0 Å². The minimum atomic E-state index is -0.0890. The largest absolute Gasteiger partial charge is 0.378 e. The molecule has 0 fully saturated rings. The van der Waals surface area contributed by atoms with E-state index in [1.165, 1.54) is 6.08 Å². The standard InChI is InChI=1S/C8H16N2O2/c1-2-3-8(11)10-5-7-12-6-4-9/h2-3H,4-7,9H2,1H3,(H,10,11)/b3-2+. The van der Waals surface area contributed by atoms with Gasteiger partial charge in [-0.3, -0.25) is 4.79 Å². The van der Waals surface area contributed by atoms with Crippen LogP contribution in [0, 0.1) is 0 Å². The van der Waals surface area contributed by atoms with Crippen LogP contribution in [0.5, 0.6) is 0 Å². The van der Waals surface area contributed by atoms with Crippen LogP contribution in [0.15, 0.2) is 12.2 Å². The average Bonchev–Trinajstić information content (AvgIpc) is 2.05. The molecule has 0 radical (unpaired) electrons. The van der Waals surface area contributed by atoms with E-state index in [1.54, 1.807) is 13.0 Å². The molecule has 0 aromatic carbocycles. The number of amides is 1. The SMILES string of the molecule is C/C=C/C(=O)NCCOCCN. The third-order valence-electron chi connectivity index (χ3n) is 1.13. The van der Waals surface area contributed by atoms with Gasteiger partial charge in [0.25, 0.3) is 0 Å². The number of hydrogen-bond donors (Lipinski definition) is 2. The van der Waals surface area contributed by atoms with Gasteiger partial charge in [0, 0.05) is 13.1 Å². The number of allylic oxidation sites excluding steroid dienone is 1. The smallest absolute Gasteiger partial charge is 0.243 e. The lowest BCUT2D eigenvalue weighted by molar-refractivity contribution is -0.116. The van der Waals surface area contributed by atoms with Crippen molar-refractivity contribution in [3.63, 3.8) is 0 Å². The lowest BCUT2D eigenvalue weighted by atomic mass is 10.5. The minimum absolute atomic E-state index is 0.0890. The van der Waals surface area contributed by atoms with E-state index in [9.17, 15) is 4.79 Å². The second-order valence-electron chi connectivity index (χ2n) is 2.19. The lowest BCUT2D eigenvalue weighted by Crippen LogP contribution is -2.26. The molecule has 0 saturated carbocycles. The van der Waals surface area contributed by atoms with E-state index in [0.717, 1.165) is 0 Å². The second-order valence-corrected chi connectivity index (χ2v) is 2.19. The van der Waals surface area contributed by atoms with Gasteiger partial charge in [0.05, 0.1) is 13.2 Å². The monoisotopic (exact) mass is 172 g/mol. The zero-order valence-electron chi connectivity index (χ0n) is 7.38. The van der Waals surface area contributed by atoms with Crippen molar-refractivity contribution in [3.8, 4) is 0 Å². The van der Waals surface area contributed by atoms with E-state index < -0.39 is 0 Å². The Bertz CT molecular complexity index is 146. The third kappa shape index (κ3) is 7.24. The molecule has 0 aromatic heterocycles. The maximum Gasteiger partial charge on any atom is 0.243 e. The zero-order chi connectivity index (χ0) is 9.23. The Hall–Kier alpha value is -0.870. The van der Waals surface area contributed by atoms with Gasteiger partial charge in [-0.1, -0.05) is 6.08 Å². The van der Waals surface area contributed by atoms with Crippen LogP contribution in [0.2, 0.25) is 0 Å². The highest BCUT2D eigenvalue weighted by molar-refractivity contribution is 5.87. The van der Waals surface area contributed by atoms with Gasteiger partial charge in [-0.25, -0.2) is 0 Å². The van der Waals surface area contributed by atoms with Crippen LogP contribution >= 0.6 is 0 Å². The molecule has 3 N–H and O–H groups in total. The van der Waals surface area contributed by atoms with Gasteiger partial charge in [-0.05, 0) is 13.0 Å². The van der Waals surface area contributed by atoms with Crippen molar-refractivity contribution in [3.05, 3.63) is 12.2 Å². The molecular weight excluding hydrogens is 156 g/mol. The van der Waals surface area contributed by atoms with Crippen molar-refractivity contribution in [1.29, 1.82) is 0 Å². The molecule has 0 aromatic rings. The molecule has 0 spiro atoms. The molecular formula is C8H16N2O2. The van der Waals surface area contributed by atoms with Crippen molar-refractivity contribution in [2.45, 2.75) is 6.92 Å². The second kappa shape index (κ2) is 8.23. The van der Waals surface area contributed by atoms with Crippen LogP contribution < -0.4 is 11.1 Å². The van der Waals surface area contributed by atoms with E-state index >= 15 is 0 Å². The Morgan fingerprint density at radius 3 is 2.92 bits per heavy atom. The third-order valence-corrected chi connectivity index (χ3v) is 1.13. The van der Waals surface area contributed by atoms with Crippen LogP contribution in [-0.2, 0) is 9.53 Å². The molecule has 0 aliphatic heterocycles. The first kappa shape index (κ1) is 11.1. The van der Waals surface area contributed by atoms with E-state index in [-0.39, 0.29) is 5.91 Å². The maximum absolute atomic E-state index is 10.8. The van der Waals surface area contributed by atoms with Gasteiger partial charge < -0.3 is 15.8 Å². The van der Waals surface area contributed by atoms with E-state index in [0.29, 0.717) is 26.3 Å². The van der Waals surface area contributed by atoms with Gasteiger partial charge in [-0.2, -0.15) is 0 Å². The number of nitrogens with two attached hydrogens (primary N) is 1. The van der Waals surface area contributed by atoms with E-state index in [4.69, 9.17) is 10.5 Å². The fourth-order valence-corrected chi connectivity index (χ4v) is 0.642. The maximum atomic E-state index is 10.8. The Morgan fingerprint density at radius 2 is 2.33 bits per heavy atom. The molecule has 0 heterocycles. The predicted molar refractivity (Wildman–Crippen MR) is 47.7 cm³/mol. The summed E-state index contributed by atoms with van der Waals surface area (Å²) >= 11 is 0. The van der Waals surface area contributed by atoms with Gasteiger partial charge in [0.2, 0.25) is 5.91 Å². The molecule has 12 heavy (non-hydrogen) atoms. The summed E-state index contributed by atoms with van der Waals surface area (Å²) in [5.74, 6) is -0.0890. The molecule has 70 valence electrons. The molecule has 4 nitrogen and oxygen atoms in total. The Kier molecular flexibility index (Phi) is 7.63. The number of hydrogen-bond acceptors (Lipinski definition) is 3. The highest BCUT2D eigenvalue weighted by Gasteiger charge is 1.91. The van der Waals surface area contributed by atoms with Crippen molar-refractivity contribution >= 4 is 5.91 Å². The summed E-state index contributed by atoms with van der Waals surface area (Å²) in [5.41, 5.74) is 5.19. The van der Waals surface area contributed by atoms with Gasteiger partial charge in [0.1, 0.15) is 0 Å². The molecule has 0 rings (SSSR count). The van der Waals surface area contributed by atoms with Gasteiger partial charge in [0.15, 0.2) is 0 Å². The summed E-state index contributed by atoms with van der Waals surface area (Å²) in [6.45, 7) is 3.90. The highest BCUT2D eigenvalue weighted by Crippen LogP contribution is 1.73. The fraction of sp³-hybridized carbons (Fsp3) is 0.625. The van der Waals surface area contributed by atoms with Crippen LogP contribution in [0.25, 0.3) is 0 Å². The molecule has 0 aliphatic carbocycles. The molecule has 0 atom stereocenters. The number of carbonyl (C=O) groups excluding carboxylic acids is 1. The van der Waals surface area contributed by atoms with Crippen molar-refractivity contribution in [2.75, 3.05) is 26.3 Å². The first-order chi connectivity index (χ1) is 5.81. The Morgan fingerprint density at radius 1 is 1.58 bits per heavy atom. The molecule has 0 unspecified atom stereocenters. The lowest BCUT2D eigenvalue weighted by Gasteiger charge is -2.02. The summed E-state index contributed by atoms with van der Waals surface area (Å²) in [4.78, 5) is 10.8. The summed E-state index contributed by atoms with van der Waals surface area (Å²) in [5, 5.41) is 2.65. The number of ether oxygens (including phenoxy) is 1. The van der Waals surface area contributed by atoms with Crippen molar-refractivity contribution in [1.82, 2.24) is 5.32 Å². The van der Waals surface area contributed by atoms with E-state index in [1.807, 2.05) is 0 Å². The van der Waals surface area contributed by atoms with Crippen LogP contribution in [0.3, 0.4) is 0 Å². The molecule has 0 bridgehead atoms. The Labute approximate surface area is 72.8 Å². The van der Waals surface area contributed by atoms with E-state index in [2.05, 4.69) is 5.32 Å². The normalized spacial score (nSPS) is 10.5. The zero-order valence-corrected chi connectivity index (χ0v) is 7.38. The first-order valence-electron chi connectivity index (χ1n) is 3.99.